The lowest BCUT2D eigenvalue weighted by Crippen LogP contribution is -2.24. The average molecular weight is 252 g/mol. The molecule has 2 rings (SSSR count). The van der Waals surface area contributed by atoms with Crippen LogP contribution in [0.1, 0.15) is 18.9 Å². The molecule has 1 aromatic heterocycles. The first-order valence-corrected chi connectivity index (χ1v) is 6.30. The first kappa shape index (κ1) is 13.0. The Bertz CT molecular complexity index is 403. The van der Waals surface area contributed by atoms with Crippen molar-refractivity contribution in [1.82, 2.24) is 9.97 Å². The lowest BCUT2D eigenvalue weighted by molar-refractivity contribution is 0.0572. The van der Waals surface area contributed by atoms with E-state index in [0.29, 0.717) is 19.0 Å². The van der Waals surface area contributed by atoms with E-state index >= 15 is 0 Å². The van der Waals surface area contributed by atoms with Crippen molar-refractivity contribution >= 4 is 11.8 Å². The van der Waals surface area contributed by atoms with Crippen LogP contribution in [0.5, 0.6) is 0 Å². The van der Waals surface area contributed by atoms with E-state index in [1.54, 1.807) is 6.20 Å². The normalized spacial score (nSPS) is 23.4. The van der Waals surface area contributed by atoms with Gasteiger partial charge in [-0.3, -0.25) is 0 Å². The van der Waals surface area contributed by atoms with Gasteiger partial charge in [0.2, 0.25) is 5.95 Å². The topological polar surface area (TPSA) is 81.5 Å². The molecule has 1 aromatic rings. The Hall–Kier alpha value is -1.40. The van der Waals surface area contributed by atoms with E-state index in [1.807, 2.05) is 11.8 Å². The summed E-state index contributed by atoms with van der Waals surface area (Å²) in [6.07, 6.45) is 1.36. The summed E-state index contributed by atoms with van der Waals surface area (Å²) in [7, 11) is 0. The van der Waals surface area contributed by atoms with Crippen molar-refractivity contribution in [3.05, 3.63) is 11.8 Å². The number of aliphatic hydroxyl groups is 2. The maximum atomic E-state index is 9.58. The molecule has 2 atom stereocenters. The van der Waals surface area contributed by atoms with Gasteiger partial charge in [-0.2, -0.15) is 4.98 Å². The molecule has 0 bridgehead atoms. The smallest absolute Gasteiger partial charge is 0.224 e. The first-order valence-electron chi connectivity index (χ1n) is 6.30. The third-order valence-corrected chi connectivity index (χ3v) is 3.04. The van der Waals surface area contributed by atoms with Gasteiger partial charge < -0.3 is 20.4 Å². The predicted octanol–water partition coefficient (Wildman–Crippen LogP) is 0.149. The third-order valence-electron chi connectivity index (χ3n) is 3.04. The minimum atomic E-state index is -0.702. The van der Waals surface area contributed by atoms with Gasteiger partial charge in [-0.25, -0.2) is 4.98 Å². The SMILES string of the molecule is CCCNc1ncc(C)c(N2CC(O)C(O)C2)n1. The molecule has 1 saturated heterocycles. The van der Waals surface area contributed by atoms with E-state index < -0.39 is 12.2 Å². The number of nitrogens with one attached hydrogen (secondary N) is 1. The summed E-state index contributed by atoms with van der Waals surface area (Å²) in [6.45, 7) is 5.65. The number of aromatic nitrogens is 2. The van der Waals surface area contributed by atoms with Crippen LogP contribution >= 0.6 is 0 Å². The monoisotopic (exact) mass is 252 g/mol. The van der Waals surface area contributed by atoms with E-state index in [1.165, 1.54) is 0 Å². The summed E-state index contributed by atoms with van der Waals surface area (Å²) in [5.74, 6) is 1.37. The van der Waals surface area contributed by atoms with Crippen LogP contribution < -0.4 is 10.2 Å². The van der Waals surface area contributed by atoms with Crippen LogP contribution in [-0.2, 0) is 0 Å². The predicted molar refractivity (Wildman–Crippen MR) is 69.8 cm³/mol. The Labute approximate surface area is 107 Å². The van der Waals surface area contributed by atoms with Gasteiger partial charge in [-0.1, -0.05) is 6.92 Å². The fraction of sp³-hybridized carbons (Fsp3) is 0.667. The highest BCUT2D eigenvalue weighted by atomic mass is 16.3. The molecule has 0 spiro atoms. The second-order valence-electron chi connectivity index (χ2n) is 4.67. The number of nitrogens with zero attached hydrogens (tertiary/aromatic N) is 3. The number of rotatable bonds is 4. The molecule has 6 heteroatoms. The Balaban J connectivity index is 2.16. The quantitative estimate of drug-likeness (QED) is 0.707. The fourth-order valence-corrected chi connectivity index (χ4v) is 2.02. The van der Waals surface area contributed by atoms with Crippen LogP contribution in [-0.4, -0.2) is 52.0 Å². The van der Waals surface area contributed by atoms with Gasteiger partial charge in [0.25, 0.3) is 0 Å². The molecule has 0 aliphatic carbocycles. The number of hydrogen-bond acceptors (Lipinski definition) is 6. The molecule has 2 unspecified atom stereocenters. The van der Waals surface area contributed by atoms with Gasteiger partial charge in [0, 0.05) is 31.4 Å². The Morgan fingerprint density at radius 2 is 2.06 bits per heavy atom. The summed E-state index contributed by atoms with van der Waals surface area (Å²) in [4.78, 5) is 10.5. The molecule has 6 nitrogen and oxygen atoms in total. The first-order chi connectivity index (χ1) is 8.61. The van der Waals surface area contributed by atoms with Crippen LogP contribution in [0, 0.1) is 6.92 Å². The van der Waals surface area contributed by atoms with E-state index in [-0.39, 0.29) is 0 Å². The third kappa shape index (κ3) is 2.70. The summed E-state index contributed by atoms with van der Waals surface area (Å²) < 4.78 is 0. The van der Waals surface area contributed by atoms with Crippen molar-refractivity contribution in [3.63, 3.8) is 0 Å². The maximum absolute atomic E-state index is 9.58. The lowest BCUT2D eigenvalue weighted by Gasteiger charge is -2.19. The molecule has 18 heavy (non-hydrogen) atoms. The van der Waals surface area contributed by atoms with Crippen LogP contribution in [0.15, 0.2) is 6.20 Å². The van der Waals surface area contributed by atoms with Gasteiger partial charge >= 0.3 is 0 Å². The lowest BCUT2D eigenvalue weighted by atomic mass is 10.3. The van der Waals surface area contributed by atoms with Gasteiger partial charge in [0.1, 0.15) is 5.82 Å². The summed E-state index contributed by atoms with van der Waals surface area (Å²) in [6, 6.07) is 0. The second kappa shape index (κ2) is 5.49. The molecular formula is C12H20N4O2. The zero-order valence-electron chi connectivity index (χ0n) is 10.8. The highest BCUT2D eigenvalue weighted by Gasteiger charge is 2.31. The zero-order valence-corrected chi connectivity index (χ0v) is 10.8. The average Bonchev–Trinajstić information content (AvgIpc) is 2.68. The van der Waals surface area contributed by atoms with E-state index in [0.717, 1.165) is 24.3 Å². The minimum Gasteiger partial charge on any atom is -0.389 e. The highest BCUT2D eigenvalue weighted by molar-refractivity contribution is 5.50. The molecule has 0 amide bonds. The molecule has 2 heterocycles. The molecule has 1 aliphatic heterocycles. The standard InChI is InChI=1S/C12H20N4O2/c1-3-4-13-12-14-5-8(2)11(15-12)16-6-9(17)10(18)7-16/h5,9-10,17-18H,3-4,6-7H2,1-2H3,(H,13,14,15). The fourth-order valence-electron chi connectivity index (χ4n) is 2.02. The molecule has 1 fully saturated rings. The summed E-state index contributed by atoms with van der Waals surface area (Å²) in [5.41, 5.74) is 0.943. The van der Waals surface area contributed by atoms with Crippen molar-refractivity contribution in [3.8, 4) is 0 Å². The summed E-state index contributed by atoms with van der Waals surface area (Å²) in [5, 5.41) is 22.3. The Kier molecular flexibility index (Phi) is 3.98. The van der Waals surface area contributed by atoms with Crippen molar-refractivity contribution in [1.29, 1.82) is 0 Å². The second-order valence-corrected chi connectivity index (χ2v) is 4.67. The number of hydrogen-bond donors (Lipinski definition) is 3. The highest BCUT2D eigenvalue weighted by Crippen LogP contribution is 2.22. The Morgan fingerprint density at radius 1 is 1.39 bits per heavy atom. The summed E-state index contributed by atoms with van der Waals surface area (Å²) >= 11 is 0. The molecule has 3 N–H and O–H groups in total. The number of aliphatic hydroxyl groups excluding tert-OH is 2. The van der Waals surface area contributed by atoms with E-state index in [9.17, 15) is 10.2 Å². The Morgan fingerprint density at radius 3 is 2.67 bits per heavy atom. The van der Waals surface area contributed by atoms with Crippen molar-refractivity contribution in [2.75, 3.05) is 29.9 Å². The number of anilines is 2. The minimum absolute atomic E-state index is 0.409. The van der Waals surface area contributed by atoms with Crippen molar-refractivity contribution < 1.29 is 10.2 Å². The molecule has 0 radical (unpaired) electrons. The van der Waals surface area contributed by atoms with E-state index in [2.05, 4.69) is 22.2 Å². The maximum Gasteiger partial charge on any atom is 0.224 e. The number of aryl methyl sites for hydroxylation is 1. The molecule has 0 saturated carbocycles. The molecule has 1 aliphatic rings. The van der Waals surface area contributed by atoms with Gasteiger partial charge in [0.05, 0.1) is 12.2 Å². The number of β-amino-alcohol motifs (C(OH)–C–C–N with tert-alkyl or cyclic N) is 2. The van der Waals surface area contributed by atoms with Crippen molar-refractivity contribution in [2.45, 2.75) is 32.5 Å². The zero-order chi connectivity index (χ0) is 13.1. The molecule has 100 valence electrons. The van der Waals surface area contributed by atoms with Crippen LogP contribution in [0.25, 0.3) is 0 Å². The largest absolute Gasteiger partial charge is 0.389 e. The van der Waals surface area contributed by atoms with Gasteiger partial charge in [0.15, 0.2) is 0 Å². The molecule has 0 aromatic carbocycles. The van der Waals surface area contributed by atoms with Crippen molar-refractivity contribution in [2.24, 2.45) is 0 Å². The van der Waals surface area contributed by atoms with Crippen LogP contribution in [0.2, 0.25) is 0 Å². The van der Waals surface area contributed by atoms with Crippen LogP contribution in [0.3, 0.4) is 0 Å². The van der Waals surface area contributed by atoms with Gasteiger partial charge in [-0.15, -0.1) is 0 Å². The molecular weight excluding hydrogens is 232 g/mol. The van der Waals surface area contributed by atoms with Gasteiger partial charge in [-0.05, 0) is 13.3 Å². The van der Waals surface area contributed by atoms with E-state index in [4.69, 9.17) is 0 Å². The van der Waals surface area contributed by atoms with Crippen LogP contribution in [0.4, 0.5) is 11.8 Å².